The molecule has 2 N–H and O–H groups in total. The fraction of sp³-hybridized carbons (Fsp3) is 0.0909. The summed E-state index contributed by atoms with van der Waals surface area (Å²) in [5, 5.41) is 12.8. The molecule has 0 spiro atoms. The van der Waals surface area contributed by atoms with E-state index in [0.29, 0.717) is 17.9 Å². The SMILES string of the molecule is N#Cc1cnn(Cc2ccccc2Br)c1N. The van der Waals surface area contributed by atoms with Gasteiger partial charge < -0.3 is 5.73 Å². The van der Waals surface area contributed by atoms with E-state index in [2.05, 4.69) is 21.0 Å². The summed E-state index contributed by atoms with van der Waals surface area (Å²) in [5.74, 6) is 0.401. The monoisotopic (exact) mass is 276 g/mol. The van der Waals surface area contributed by atoms with Crippen molar-refractivity contribution >= 4 is 21.7 Å². The molecule has 0 saturated heterocycles. The predicted molar refractivity (Wildman–Crippen MR) is 64.6 cm³/mol. The molecule has 2 aromatic rings. The highest BCUT2D eigenvalue weighted by Gasteiger charge is 2.08. The zero-order chi connectivity index (χ0) is 11.5. The Bertz CT molecular complexity index is 553. The van der Waals surface area contributed by atoms with Crippen molar-refractivity contribution in [3.63, 3.8) is 0 Å². The summed E-state index contributed by atoms with van der Waals surface area (Å²) < 4.78 is 2.61. The maximum atomic E-state index is 8.76. The maximum absolute atomic E-state index is 8.76. The van der Waals surface area contributed by atoms with E-state index in [1.807, 2.05) is 30.3 Å². The quantitative estimate of drug-likeness (QED) is 0.914. The minimum atomic E-state index is 0.401. The van der Waals surface area contributed by atoms with Crippen molar-refractivity contribution in [1.82, 2.24) is 9.78 Å². The van der Waals surface area contributed by atoms with Gasteiger partial charge in [-0.2, -0.15) is 10.4 Å². The Kier molecular flexibility index (Phi) is 2.93. The highest BCUT2D eigenvalue weighted by Crippen LogP contribution is 2.19. The summed E-state index contributed by atoms with van der Waals surface area (Å²) in [6.45, 7) is 0.551. The Morgan fingerprint density at radius 3 is 2.81 bits per heavy atom. The lowest BCUT2D eigenvalue weighted by molar-refractivity contribution is 0.695. The van der Waals surface area contributed by atoms with E-state index in [-0.39, 0.29) is 0 Å². The molecule has 0 saturated carbocycles. The highest BCUT2D eigenvalue weighted by molar-refractivity contribution is 9.10. The van der Waals surface area contributed by atoms with Crippen molar-refractivity contribution in [2.75, 3.05) is 5.73 Å². The van der Waals surface area contributed by atoms with Crippen LogP contribution in [0.2, 0.25) is 0 Å². The number of benzene rings is 1. The molecule has 1 heterocycles. The van der Waals surface area contributed by atoms with Gasteiger partial charge in [-0.3, -0.25) is 0 Å². The van der Waals surface area contributed by atoms with Gasteiger partial charge in [-0.15, -0.1) is 0 Å². The number of nitrogens with two attached hydrogens (primary N) is 1. The Hall–Kier alpha value is -1.80. The first-order chi connectivity index (χ1) is 7.72. The maximum Gasteiger partial charge on any atom is 0.140 e. The highest BCUT2D eigenvalue weighted by atomic mass is 79.9. The van der Waals surface area contributed by atoms with Crippen molar-refractivity contribution in [2.24, 2.45) is 0 Å². The van der Waals surface area contributed by atoms with Gasteiger partial charge >= 0.3 is 0 Å². The Balaban J connectivity index is 2.32. The van der Waals surface area contributed by atoms with Gasteiger partial charge in [0, 0.05) is 4.47 Å². The first-order valence-electron chi connectivity index (χ1n) is 4.67. The van der Waals surface area contributed by atoms with Gasteiger partial charge in [-0.05, 0) is 11.6 Å². The van der Waals surface area contributed by atoms with Crippen LogP contribution in [0.4, 0.5) is 5.82 Å². The fourth-order valence-electron chi connectivity index (χ4n) is 1.39. The summed E-state index contributed by atoms with van der Waals surface area (Å²) in [4.78, 5) is 0. The average Bonchev–Trinajstić information content (AvgIpc) is 2.63. The lowest BCUT2D eigenvalue weighted by atomic mass is 10.2. The molecule has 0 radical (unpaired) electrons. The number of hydrogen-bond donors (Lipinski definition) is 1. The molecule has 1 aromatic carbocycles. The van der Waals surface area contributed by atoms with Crippen LogP contribution >= 0.6 is 15.9 Å². The second kappa shape index (κ2) is 4.37. The minimum Gasteiger partial charge on any atom is -0.383 e. The third-order valence-electron chi connectivity index (χ3n) is 2.28. The molecule has 80 valence electrons. The zero-order valence-electron chi connectivity index (χ0n) is 8.39. The second-order valence-electron chi connectivity index (χ2n) is 3.30. The molecule has 16 heavy (non-hydrogen) atoms. The Morgan fingerprint density at radius 1 is 1.44 bits per heavy atom. The number of nitriles is 1. The third kappa shape index (κ3) is 1.92. The molecule has 1 aromatic heterocycles. The van der Waals surface area contributed by atoms with E-state index >= 15 is 0 Å². The molecule has 0 unspecified atom stereocenters. The number of anilines is 1. The first-order valence-corrected chi connectivity index (χ1v) is 5.46. The van der Waals surface area contributed by atoms with Gasteiger partial charge in [0.2, 0.25) is 0 Å². The van der Waals surface area contributed by atoms with E-state index in [0.717, 1.165) is 10.0 Å². The van der Waals surface area contributed by atoms with Crippen LogP contribution in [0, 0.1) is 11.3 Å². The van der Waals surface area contributed by atoms with Gasteiger partial charge in [-0.25, -0.2) is 4.68 Å². The molecule has 0 atom stereocenters. The topological polar surface area (TPSA) is 67.6 Å². The van der Waals surface area contributed by atoms with Crippen LogP contribution in [0.25, 0.3) is 0 Å². The average molecular weight is 277 g/mol. The summed E-state index contributed by atoms with van der Waals surface area (Å²) in [6, 6.07) is 9.83. The summed E-state index contributed by atoms with van der Waals surface area (Å²) >= 11 is 3.46. The molecule has 0 aliphatic heterocycles. The smallest absolute Gasteiger partial charge is 0.140 e. The van der Waals surface area contributed by atoms with E-state index in [1.165, 1.54) is 6.20 Å². The molecule has 0 aliphatic carbocycles. The van der Waals surface area contributed by atoms with Crippen LogP contribution in [-0.4, -0.2) is 9.78 Å². The molecule has 4 nitrogen and oxygen atoms in total. The predicted octanol–water partition coefficient (Wildman–Crippen LogP) is 2.15. The molecule has 0 bridgehead atoms. The van der Waals surface area contributed by atoms with Gasteiger partial charge in [0.25, 0.3) is 0 Å². The van der Waals surface area contributed by atoms with Crippen molar-refractivity contribution in [3.05, 3.63) is 46.1 Å². The van der Waals surface area contributed by atoms with Crippen LogP contribution in [-0.2, 0) is 6.54 Å². The van der Waals surface area contributed by atoms with Gasteiger partial charge in [0.05, 0.1) is 12.7 Å². The number of aromatic nitrogens is 2. The van der Waals surface area contributed by atoms with E-state index < -0.39 is 0 Å². The number of halogens is 1. The number of nitrogens with zero attached hydrogens (tertiary/aromatic N) is 3. The van der Waals surface area contributed by atoms with Crippen LogP contribution in [0.3, 0.4) is 0 Å². The molecule has 0 aliphatic rings. The first kappa shape index (κ1) is 10.7. The van der Waals surface area contributed by atoms with Crippen LogP contribution in [0.5, 0.6) is 0 Å². The van der Waals surface area contributed by atoms with Gasteiger partial charge in [0.15, 0.2) is 0 Å². The number of rotatable bonds is 2. The largest absolute Gasteiger partial charge is 0.383 e. The van der Waals surface area contributed by atoms with Crippen LogP contribution in [0.15, 0.2) is 34.9 Å². The number of nitrogen functional groups attached to an aromatic ring is 1. The summed E-state index contributed by atoms with van der Waals surface area (Å²) in [6.07, 6.45) is 1.48. The molecule has 0 amide bonds. The molecule has 2 rings (SSSR count). The Morgan fingerprint density at radius 2 is 2.19 bits per heavy atom. The van der Waals surface area contributed by atoms with Crippen molar-refractivity contribution in [1.29, 1.82) is 5.26 Å². The van der Waals surface area contributed by atoms with Crippen molar-refractivity contribution < 1.29 is 0 Å². The molecular weight excluding hydrogens is 268 g/mol. The van der Waals surface area contributed by atoms with Crippen molar-refractivity contribution in [2.45, 2.75) is 6.54 Å². The molecule has 0 fully saturated rings. The fourth-order valence-corrected chi connectivity index (χ4v) is 1.81. The normalized spacial score (nSPS) is 10.0. The molecule has 5 heteroatoms. The Labute approximate surface area is 101 Å². The molecular formula is C11H9BrN4. The van der Waals surface area contributed by atoms with E-state index in [9.17, 15) is 0 Å². The third-order valence-corrected chi connectivity index (χ3v) is 3.05. The summed E-state index contributed by atoms with van der Waals surface area (Å²) in [5.41, 5.74) is 7.25. The lowest BCUT2D eigenvalue weighted by Crippen LogP contribution is -2.06. The van der Waals surface area contributed by atoms with Gasteiger partial charge in [0.1, 0.15) is 17.5 Å². The zero-order valence-corrected chi connectivity index (χ0v) is 9.98. The minimum absolute atomic E-state index is 0.401. The number of hydrogen-bond acceptors (Lipinski definition) is 3. The summed E-state index contributed by atoms with van der Waals surface area (Å²) in [7, 11) is 0. The van der Waals surface area contributed by atoms with Crippen molar-refractivity contribution in [3.8, 4) is 6.07 Å². The van der Waals surface area contributed by atoms with E-state index in [4.69, 9.17) is 11.0 Å². The van der Waals surface area contributed by atoms with Crippen LogP contribution < -0.4 is 5.73 Å². The van der Waals surface area contributed by atoms with E-state index in [1.54, 1.807) is 4.68 Å². The standard InChI is InChI=1S/C11H9BrN4/c12-10-4-2-1-3-8(10)7-16-11(14)9(5-13)6-15-16/h1-4,6H,7,14H2. The van der Waals surface area contributed by atoms with Gasteiger partial charge in [-0.1, -0.05) is 34.1 Å². The second-order valence-corrected chi connectivity index (χ2v) is 4.16. The van der Waals surface area contributed by atoms with Crippen LogP contribution in [0.1, 0.15) is 11.1 Å². The lowest BCUT2D eigenvalue weighted by Gasteiger charge is -2.06.